The predicted molar refractivity (Wildman–Crippen MR) is 73.9 cm³/mol. The van der Waals surface area contributed by atoms with E-state index in [9.17, 15) is 4.79 Å². The molecule has 2 aromatic heterocycles. The fourth-order valence-electron chi connectivity index (χ4n) is 1.87. The van der Waals surface area contributed by atoms with Gasteiger partial charge in [-0.25, -0.2) is 0 Å². The van der Waals surface area contributed by atoms with Gasteiger partial charge in [-0.15, -0.1) is 0 Å². The van der Waals surface area contributed by atoms with Gasteiger partial charge < -0.3 is 0 Å². The summed E-state index contributed by atoms with van der Waals surface area (Å²) in [6, 6.07) is 0. The van der Waals surface area contributed by atoms with E-state index in [0.29, 0.717) is 5.56 Å². The van der Waals surface area contributed by atoms with E-state index in [4.69, 9.17) is 0 Å². The Morgan fingerprint density at radius 3 is 2.63 bits per heavy atom. The van der Waals surface area contributed by atoms with Crippen LogP contribution < -0.4 is 0 Å². The summed E-state index contributed by atoms with van der Waals surface area (Å²) in [4.78, 5) is 12.0. The van der Waals surface area contributed by atoms with Gasteiger partial charge in [0.25, 0.3) is 0 Å². The number of hydrogen-bond acceptors (Lipinski definition) is 3. The standard InChI is InChI=1S/C14H18N4O/c1-4-17-10-13(9-15-17)14(19)7-6-12-8-16-18(5-2)11(12)3/h6-10H,4-5H2,1-3H3/b7-6+. The molecule has 19 heavy (non-hydrogen) atoms. The lowest BCUT2D eigenvalue weighted by atomic mass is 10.2. The van der Waals surface area contributed by atoms with Crippen LogP contribution in [0.15, 0.2) is 24.7 Å². The monoisotopic (exact) mass is 258 g/mol. The average molecular weight is 258 g/mol. The lowest BCUT2D eigenvalue weighted by Gasteiger charge is -1.98. The van der Waals surface area contributed by atoms with Gasteiger partial charge in [-0.05, 0) is 32.9 Å². The molecule has 0 fully saturated rings. The van der Waals surface area contributed by atoms with Gasteiger partial charge in [0.15, 0.2) is 5.78 Å². The molecule has 0 aliphatic carbocycles. The van der Waals surface area contributed by atoms with Gasteiger partial charge in [0.2, 0.25) is 0 Å². The van der Waals surface area contributed by atoms with Crippen LogP contribution in [0.2, 0.25) is 0 Å². The van der Waals surface area contributed by atoms with E-state index >= 15 is 0 Å². The number of carbonyl (C=O) groups is 1. The summed E-state index contributed by atoms with van der Waals surface area (Å²) in [7, 11) is 0. The largest absolute Gasteiger partial charge is 0.289 e. The van der Waals surface area contributed by atoms with Crippen molar-refractivity contribution in [1.29, 1.82) is 0 Å². The van der Waals surface area contributed by atoms with Crippen molar-refractivity contribution in [2.24, 2.45) is 0 Å². The molecule has 0 unspecified atom stereocenters. The highest BCUT2D eigenvalue weighted by Crippen LogP contribution is 2.10. The number of rotatable bonds is 5. The second-order valence-electron chi connectivity index (χ2n) is 4.28. The van der Waals surface area contributed by atoms with Crippen LogP contribution in [0.3, 0.4) is 0 Å². The molecule has 0 radical (unpaired) electrons. The molecule has 0 amide bonds. The van der Waals surface area contributed by atoms with E-state index < -0.39 is 0 Å². The third kappa shape index (κ3) is 2.81. The Hall–Kier alpha value is -2.17. The molecule has 2 rings (SSSR count). The minimum absolute atomic E-state index is 0.0386. The lowest BCUT2D eigenvalue weighted by Crippen LogP contribution is -1.98. The number of nitrogens with zero attached hydrogens (tertiary/aromatic N) is 4. The molecule has 0 saturated heterocycles. The first kappa shape index (κ1) is 13.3. The van der Waals surface area contributed by atoms with Crippen LogP contribution in [-0.2, 0) is 13.1 Å². The van der Waals surface area contributed by atoms with Crippen LogP contribution in [0.5, 0.6) is 0 Å². The van der Waals surface area contributed by atoms with E-state index in [-0.39, 0.29) is 5.78 Å². The lowest BCUT2D eigenvalue weighted by molar-refractivity contribution is 0.104. The van der Waals surface area contributed by atoms with Crippen LogP contribution in [0.1, 0.15) is 35.5 Å². The summed E-state index contributed by atoms with van der Waals surface area (Å²) >= 11 is 0. The minimum atomic E-state index is -0.0386. The van der Waals surface area contributed by atoms with Crippen molar-refractivity contribution in [2.75, 3.05) is 0 Å². The second-order valence-corrected chi connectivity index (χ2v) is 4.28. The van der Waals surface area contributed by atoms with Crippen LogP contribution in [-0.4, -0.2) is 25.3 Å². The van der Waals surface area contributed by atoms with Gasteiger partial charge in [0.05, 0.1) is 18.0 Å². The van der Waals surface area contributed by atoms with Crippen molar-refractivity contribution in [3.63, 3.8) is 0 Å². The van der Waals surface area contributed by atoms with E-state index in [0.717, 1.165) is 24.3 Å². The maximum Gasteiger partial charge on any atom is 0.189 e. The SMILES string of the molecule is CCn1cc(C(=O)/C=C/c2cnn(CC)c2C)cn1. The number of carbonyl (C=O) groups excluding carboxylic acids is 1. The number of hydrogen-bond donors (Lipinski definition) is 0. The molecule has 0 saturated carbocycles. The van der Waals surface area contributed by atoms with E-state index in [1.165, 1.54) is 0 Å². The van der Waals surface area contributed by atoms with Crippen molar-refractivity contribution >= 4 is 11.9 Å². The fourth-order valence-corrected chi connectivity index (χ4v) is 1.87. The maximum atomic E-state index is 12.0. The Labute approximate surface area is 112 Å². The minimum Gasteiger partial charge on any atom is -0.289 e. The van der Waals surface area contributed by atoms with Crippen LogP contribution in [0.4, 0.5) is 0 Å². The van der Waals surface area contributed by atoms with Crippen LogP contribution in [0, 0.1) is 6.92 Å². The van der Waals surface area contributed by atoms with Crippen molar-refractivity contribution in [3.8, 4) is 0 Å². The van der Waals surface area contributed by atoms with Gasteiger partial charge in [-0.2, -0.15) is 10.2 Å². The normalized spacial score (nSPS) is 11.3. The topological polar surface area (TPSA) is 52.7 Å². The maximum absolute atomic E-state index is 12.0. The highest BCUT2D eigenvalue weighted by molar-refractivity contribution is 6.06. The average Bonchev–Trinajstić information content (AvgIpc) is 3.03. The third-order valence-corrected chi connectivity index (χ3v) is 3.10. The number of allylic oxidation sites excluding steroid dienone is 1. The molecule has 0 N–H and O–H groups in total. The molecule has 0 aliphatic rings. The Morgan fingerprint density at radius 2 is 2.05 bits per heavy atom. The van der Waals surface area contributed by atoms with Crippen molar-refractivity contribution in [2.45, 2.75) is 33.9 Å². The van der Waals surface area contributed by atoms with Gasteiger partial charge >= 0.3 is 0 Å². The molecule has 0 aromatic carbocycles. The van der Waals surface area contributed by atoms with E-state index in [1.807, 2.05) is 25.5 Å². The van der Waals surface area contributed by atoms with Crippen molar-refractivity contribution in [3.05, 3.63) is 41.5 Å². The highest BCUT2D eigenvalue weighted by atomic mass is 16.1. The summed E-state index contributed by atoms with van der Waals surface area (Å²) in [5.41, 5.74) is 2.65. The molecule has 0 bridgehead atoms. The van der Waals surface area contributed by atoms with Crippen molar-refractivity contribution in [1.82, 2.24) is 19.6 Å². The second kappa shape index (κ2) is 5.65. The summed E-state index contributed by atoms with van der Waals surface area (Å²) in [5, 5.41) is 8.33. The summed E-state index contributed by atoms with van der Waals surface area (Å²) in [6.45, 7) is 7.61. The quantitative estimate of drug-likeness (QED) is 0.611. The van der Waals surface area contributed by atoms with Gasteiger partial charge in [-0.3, -0.25) is 14.2 Å². The molecular formula is C14H18N4O. The number of ketones is 1. The molecule has 2 heterocycles. The molecule has 100 valence electrons. The Balaban J connectivity index is 2.13. The van der Waals surface area contributed by atoms with Crippen LogP contribution in [0.25, 0.3) is 6.08 Å². The van der Waals surface area contributed by atoms with Gasteiger partial charge in [0, 0.05) is 30.5 Å². The molecule has 2 aromatic rings. The summed E-state index contributed by atoms with van der Waals surface area (Å²) < 4.78 is 3.64. The number of aryl methyl sites for hydroxylation is 2. The molecule has 0 spiro atoms. The molecule has 5 heteroatoms. The molecule has 5 nitrogen and oxygen atoms in total. The van der Waals surface area contributed by atoms with E-state index in [2.05, 4.69) is 10.2 Å². The fraction of sp³-hybridized carbons (Fsp3) is 0.357. The van der Waals surface area contributed by atoms with Crippen LogP contribution >= 0.6 is 0 Å². The molecule has 0 aliphatic heterocycles. The first-order valence-corrected chi connectivity index (χ1v) is 6.43. The first-order chi connectivity index (χ1) is 9.15. The molecular weight excluding hydrogens is 240 g/mol. The molecule has 0 atom stereocenters. The van der Waals surface area contributed by atoms with Gasteiger partial charge in [0.1, 0.15) is 0 Å². The number of aromatic nitrogens is 4. The highest BCUT2D eigenvalue weighted by Gasteiger charge is 2.06. The summed E-state index contributed by atoms with van der Waals surface area (Å²) in [5.74, 6) is -0.0386. The zero-order chi connectivity index (χ0) is 13.8. The predicted octanol–water partition coefficient (Wildman–Crippen LogP) is 2.32. The zero-order valence-electron chi connectivity index (χ0n) is 11.5. The Bertz CT molecular complexity index is 607. The third-order valence-electron chi connectivity index (χ3n) is 3.10. The Morgan fingerprint density at radius 1 is 1.26 bits per heavy atom. The summed E-state index contributed by atoms with van der Waals surface area (Å²) in [6.07, 6.45) is 8.51. The zero-order valence-corrected chi connectivity index (χ0v) is 11.5. The first-order valence-electron chi connectivity index (χ1n) is 6.43. The van der Waals surface area contributed by atoms with Crippen molar-refractivity contribution < 1.29 is 4.79 Å². The van der Waals surface area contributed by atoms with Gasteiger partial charge in [-0.1, -0.05) is 0 Å². The smallest absolute Gasteiger partial charge is 0.189 e. The Kier molecular flexibility index (Phi) is 3.94. The van der Waals surface area contributed by atoms with E-state index in [1.54, 1.807) is 35.4 Å².